The maximum Gasteiger partial charge on any atom is 0.312 e. The van der Waals surface area contributed by atoms with Gasteiger partial charge in [-0.05, 0) is 50.5 Å². The van der Waals surface area contributed by atoms with Gasteiger partial charge in [0.05, 0.1) is 31.7 Å². The minimum absolute atomic E-state index is 0.123. The predicted octanol–water partition coefficient (Wildman–Crippen LogP) is 1.53. The topological polar surface area (TPSA) is 106 Å². The van der Waals surface area contributed by atoms with E-state index >= 15 is 0 Å². The largest absolute Gasteiger partial charge is 0.497 e. The van der Waals surface area contributed by atoms with Crippen LogP contribution in [0.1, 0.15) is 26.2 Å². The first kappa shape index (κ1) is 24.2. The van der Waals surface area contributed by atoms with Crippen LogP contribution in [0.2, 0.25) is 0 Å². The third kappa shape index (κ3) is 3.76. The SMILES string of the molecule is C=CCN(C(=O)C1N(CCCO)C(=O)[C@@H]2[C@@H](C(=O)OCC)[C@H]3CCC12O3)c1ccc(OC)cc1. The first-order valence-electron chi connectivity index (χ1n) is 11.8. The summed E-state index contributed by atoms with van der Waals surface area (Å²) in [5.74, 6) is -1.90. The predicted molar refractivity (Wildman–Crippen MR) is 123 cm³/mol. The van der Waals surface area contributed by atoms with Crippen molar-refractivity contribution >= 4 is 23.5 Å². The van der Waals surface area contributed by atoms with E-state index in [1.807, 2.05) is 0 Å². The summed E-state index contributed by atoms with van der Waals surface area (Å²) >= 11 is 0. The van der Waals surface area contributed by atoms with E-state index in [9.17, 15) is 19.5 Å². The highest BCUT2D eigenvalue weighted by molar-refractivity contribution is 6.04. The lowest BCUT2D eigenvalue weighted by Crippen LogP contribution is -2.56. The van der Waals surface area contributed by atoms with Crippen LogP contribution in [0, 0.1) is 11.8 Å². The number of anilines is 1. The highest BCUT2D eigenvalue weighted by atomic mass is 16.6. The van der Waals surface area contributed by atoms with E-state index in [1.54, 1.807) is 49.3 Å². The molecular weight excluding hydrogens is 440 g/mol. The number of nitrogens with zero attached hydrogens (tertiary/aromatic N) is 2. The smallest absolute Gasteiger partial charge is 0.312 e. The number of amides is 2. The van der Waals surface area contributed by atoms with E-state index in [0.717, 1.165) is 0 Å². The second-order valence-electron chi connectivity index (χ2n) is 8.85. The van der Waals surface area contributed by atoms with Gasteiger partial charge in [-0.3, -0.25) is 14.4 Å². The summed E-state index contributed by atoms with van der Waals surface area (Å²) in [4.78, 5) is 43.7. The number of ether oxygens (including phenoxy) is 3. The minimum Gasteiger partial charge on any atom is -0.497 e. The molecule has 1 aromatic carbocycles. The van der Waals surface area contributed by atoms with E-state index in [1.165, 1.54) is 4.90 Å². The molecule has 1 spiro atoms. The third-order valence-corrected chi connectivity index (χ3v) is 7.11. The fourth-order valence-corrected chi connectivity index (χ4v) is 5.78. The van der Waals surface area contributed by atoms with Crippen LogP contribution in [0.5, 0.6) is 5.75 Å². The van der Waals surface area contributed by atoms with E-state index in [0.29, 0.717) is 30.7 Å². The standard InChI is InChI=1S/C25H32N2O7/c1-4-13-26(16-7-9-17(32-3)10-8-16)23(30)21-25-12-11-18(34-25)19(24(31)33-5-2)20(25)22(29)27(21)14-6-15-28/h4,7-10,18-21,28H,1,5-6,11-15H2,2-3H3/t18-,19+,20+,21?,25?/m1/s1. The number of aliphatic hydroxyl groups is 1. The van der Waals surface area contributed by atoms with Crippen molar-refractivity contribution in [1.82, 2.24) is 4.90 Å². The molecule has 5 atom stereocenters. The number of carbonyl (C=O) groups is 3. The molecule has 34 heavy (non-hydrogen) atoms. The normalized spacial score (nSPS) is 29.1. The second-order valence-corrected chi connectivity index (χ2v) is 8.85. The number of rotatable bonds is 10. The number of benzene rings is 1. The lowest BCUT2D eigenvalue weighted by Gasteiger charge is -2.36. The molecule has 3 aliphatic heterocycles. The molecule has 0 aliphatic carbocycles. The van der Waals surface area contributed by atoms with E-state index in [4.69, 9.17) is 14.2 Å². The first-order chi connectivity index (χ1) is 16.4. The highest BCUT2D eigenvalue weighted by Gasteiger charge is 2.75. The number of hydrogen-bond donors (Lipinski definition) is 1. The van der Waals surface area contributed by atoms with Gasteiger partial charge < -0.3 is 29.1 Å². The minimum atomic E-state index is -1.10. The van der Waals surface area contributed by atoms with Crippen LogP contribution in [-0.2, 0) is 23.9 Å². The van der Waals surface area contributed by atoms with Crippen LogP contribution in [0.25, 0.3) is 0 Å². The average molecular weight is 473 g/mol. The molecule has 3 fully saturated rings. The van der Waals surface area contributed by atoms with Crippen LogP contribution in [-0.4, -0.2) is 79.0 Å². The summed E-state index contributed by atoms with van der Waals surface area (Å²) in [5, 5.41) is 9.44. The molecule has 1 aromatic rings. The molecule has 0 saturated carbocycles. The van der Waals surface area contributed by atoms with Crippen LogP contribution in [0.15, 0.2) is 36.9 Å². The zero-order chi connectivity index (χ0) is 24.5. The molecule has 2 bridgehead atoms. The van der Waals surface area contributed by atoms with Gasteiger partial charge in [0.15, 0.2) is 0 Å². The van der Waals surface area contributed by atoms with Crippen molar-refractivity contribution in [3.63, 3.8) is 0 Å². The van der Waals surface area contributed by atoms with Crippen molar-refractivity contribution in [2.45, 2.75) is 43.9 Å². The van der Waals surface area contributed by atoms with Gasteiger partial charge in [0.25, 0.3) is 5.91 Å². The highest BCUT2D eigenvalue weighted by Crippen LogP contribution is 2.58. The zero-order valence-electron chi connectivity index (χ0n) is 19.6. The maximum absolute atomic E-state index is 14.1. The van der Waals surface area contributed by atoms with Crippen LogP contribution in [0.4, 0.5) is 5.69 Å². The fraction of sp³-hybridized carbons (Fsp3) is 0.560. The number of carbonyl (C=O) groups excluding carboxylic acids is 3. The average Bonchev–Trinajstić information content (AvgIpc) is 3.48. The Labute approximate surface area is 199 Å². The maximum atomic E-state index is 14.1. The third-order valence-electron chi connectivity index (χ3n) is 7.11. The van der Waals surface area contributed by atoms with Gasteiger partial charge in [-0.25, -0.2) is 0 Å². The first-order valence-corrected chi connectivity index (χ1v) is 11.8. The molecule has 2 amide bonds. The Bertz CT molecular complexity index is 949. The Morgan fingerprint density at radius 3 is 2.71 bits per heavy atom. The van der Waals surface area contributed by atoms with Crippen LogP contribution in [0.3, 0.4) is 0 Å². The number of fused-ring (bicyclic) bond motifs is 1. The lowest BCUT2D eigenvalue weighted by atomic mass is 9.70. The molecule has 0 radical (unpaired) electrons. The number of aliphatic hydroxyl groups excluding tert-OH is 1. The van der Waals surface area contributed by atoms with Gasteiger partial charge in [0.1, 0.15) is 17.4 Å². The van der Waals surface area contributed by atoms with Gasteiger partial charge in [-0.15, -0.1) is 6.58 Å². The molecule has 2 unspecified atom stereocenters. The van der Waals surface area contributed by atoms with E-state index < -0.39 is 35.6 Å². The van der Waals surface area contributed by atoms with Crippen LogP contribution >= 0.6 is 0 Å². The monoisotopic (exact) mass is 472 g/mol. The summed E-state index contributed by atoms with van der Waals surface area (Å²) in [5.41, 5.74) is -0.466. The van der Waals surface area contributed by atoms with Gasteiger partial charge in [0, 0.05) is 25.4 Å². The molecule has 184 valence electrons. The number of hydrogen-bond acceptors (Lipinski definition) is 7. The van der Waals surface area contributed by atoms with Gasteiger partial charge in [-0.1, -0.05) is 6.08 Å². The molecule has 3 heterocycles. The van der Waals surface area contributed by atoms with E-state index in [-0.39, 0.29) is 38.1 Å². The van der Waals surface area contributed by atoms with Crippen LogP contribution < -0.4 is 9.64 Å². The van der Waals surface area contributed by atoms with E-state index in [2.05, 4.69) is 6.58 Å². The van der Waals surface area contributed by atoms with Crippen molar-refractivity contribution in [3.8, 4) is 5.75 Å². The fourth-order valence-electron chi connectivity index (χ4n) is 5.78. The molecule has 9 nitrogen and oxygen atoms in total. The summed E-state index contributed by atoms with van der Waals surface area (Å²) in [6.07, 6.45) is 2.57. The quantitative estimate of drug-likeness (QED) is 0.407. The Kier molecular flexibility index (Phi) is 6.95. The summed E-state index contributed by atoms with van der Waals surface area (Å²) in [6.45, 7) is 6.02. The van der Waals surface area contributed by atoms with Gasteiger partial charge in [0.2, 0.25) is 5.91 Å². The summed E-state index contributed by atoms with van der Waals surface area (Å²) in [6, 6.07) is 6.16. The van der Waals surface area contributed by atoms with Gasteiger partial charge >= 0.3 is 5.97 Å². The molecule has 3 aliphatic rings. The Morgan fingerprint density at radius 1 is 1.35 bits per heavy atom. The Balaban J connectivity index is 1.74. The zero-order valence-corrected chi connectivity index (χ0v) is 19.6. The molecule has 3 saturated heterocycles. The number of methoxy groups -OCH3 is 1. The molecule has 0 aromatic heterocycles. The van der Waals surface area contributed by atoms with Gasteiger partial charge in [-0.2, -0.15) is 0 Å². The number of esters is 1. The van der Waals surface area contributed by atoms with Crippen molar-refractivity contribution in [3.05, 3.63) is 36.9 Å². The second kappa shape index (κ2) is 9.76. The summed E-state index contributed by atoms with van der Waals surface area (Å²) in [7, 11) is 1.57. The molecule has 9 heteroatoms. The Morgan fingerprint density at radius 2 is 2.09 bits per heavy atom. The van der Waals surface area contributed by atoms with Crippen molar-refractivity contribution in [2.75, 3.05) is 38.3 Å². The molecule has 1 N–H and O–H groups in total. The van der Waals surface area contributed by atoms with Crippen molar-refractivity contribution < 1.29 is 33.7 Å². The van der Waals surface area contributed by atoms with Crippen molar-refractivity contribution in [2.24, 2.45) is 11.8 Å². The molecular formula is C25H32N2O7. The van der Waals surface area contributed by atoms with Crippen molar-refractivity contribution in [1.29, 1.82) is 0 Å². The molecule has 4 rings (SSSR count). The number of likely N-dealkylation sites (tertiary alicyclic amines) is 1. The lowest BCUT2D eigenvalue weighted by molar-refractivity contribution is -0.154. The Hall–Kier alpha value is -2.91. The summed E-state index contributed by atoms with van der Waals surface area (Å²) < 4.78 is 16.9.